The van der Waals surface area contributed by atoms with Crippen molar-refractivity contribution < 1.29 is 9.47 Å². The highest BCUT2D eigenvalue weighted by atomic mass is 32.1. The molecule has 19 heavy (non-hydrogen) atoms. The number of rotatable bonds is 3. The van der Waals surface area contributed by atoms with Crippen molar-refractivity contribution in [1.29, 1.82) is 0 Å². The normalized spacial score (nSPS) is 27.7. The van der Waals surface area contributed by atoms with E-state index >= 15 is 0 Å². The minimum absolute atomic E-state index is 0.211. The number of nitrogens with one attached hydrogen (secondary N) is 2. The monoisotopic (exact) mass is 278 g/mol. The van der Waals surface area contributed by atoms with Gasteiger partial charge in [0.1, 0.15) is 11.5 Å². The average Bonchev–Trinajstić information content (AvgIpc) is 2.34. The number of thiocarbonyl (C=S) groups is 1. The van der Waals surface area contributed by atoms with E-state index in [-0.39, 0.29) is 6.04 Å². The maximum Gasteiger partial charge on any atom is 0.181 e. The summed E-state index contributed by atoms with van der Waals surface area (Å²) in [6, 6.07) is 6.23. The van der Waals surface area contributed by atoms with E-state index in [0.717, 1.165) is 36.5 Å². The van der Waals surface area contributed by atoms with Crippen LogP contribution in [0.3, 0.4) is 0 Å². The second kappa shape index (κ2) is 4.56. The van der Waals surface area contributed by atoms with Gasteiger partial charge in [0.05, 0.1) is 12.6 Å². The molecule has 2 bridgehead atoms. The van der Waals surface area contributed by atoms with Crippen molar-refractivity contribution in [2.24, 2.45) is 0 Å². The molecule has 2 aliphatic heterocycles. The smallest absolute Gasteiger partial charge is 0.181 e. The summed E-state index contributed by atoms with van der Waals surface area (Å²) >= 11 is 5.22. The Morgan fingerprint density at radius 1 is 1.53 bits per heavy atom. The van der Waals surface area contributed by atoms with Gasteiger partial charge in [0.2, 0.25) is 0 Å². The van der Waals surface area contributed by atoms with Crippen LogP contribution in [0, 0.1) is 0 Å². The molecule has 0 saturated carbocycles. The van der Waals surface area contributed by atoms with Crippen LogP contribution in [-0.2, 0) is 0 Å². The van der Waals surface area contributed by atoms with Crippen LogP contribution < -0.4 is 20.1 Å². The van der Waals surface area contributed by atoms with Crippen LogP contribution in [0.15, 0.2) is 18.2 Å². The minimum atomic E-state index is -0.427. The lowest BCUT2D eigenvalue weighted by atomic mass is 9.92. The molecule has 4 nitrogen and oxygen atoms in total. The molecule has 5 heteroatoms. The quantitative estimate of drug-likeness (QED) is 0.832. The van der Waals surface area contributed by atoms with Gasteiger partial charge < -0.3 is 20.1 Å². The van der Waals surface area contributed by atoms with Gasteiger partial charge in [-0.25, -0.2) is 0 Å². The molecule has 1 fully saturated rings. The molecule has 2 aliphatic rings. The number of hydrogen-bond donors (Lipinski definition) is 2. The van der Waals surface area contributed by atoms with E-state index in [1.165, 1.54) is 0 Å². The molecule has 0 radical (unpaired) electrons. The first-order chi connectivity index (χ1) is 9.09. The molecule has 2 atom stereocenters. The van der Waals surface area contributed by atoms with Gasteiger partial charge in [-0.2, -0.15) is 0 Å². The van der Waals surface area contributed by atoms with Crippen LogP contribution in [0.25, 0.3) is 0 Å². The van der Waals surface area contributed by atoms with Gasteiger partial charge in [-0.15, -0.1) is 0 Å². The minimum Gasteiger partial charge on any atom is -0.493 e. The molecular formula is C14H18N2O2S. The zero-order valence-corrected chi connectivity index (χ0v) is 12.0. The summed E-state index contributed by atoms with van der Waals surface area (Å²) in [6.45, 7) is 4.84. The van der Waals surface area contributed by atoms with Crippen molar-refractivity contribution in [2.45, 2.75) is 38.5 Å². The zero-order chi connectivity index (χ0) is 13.5. The first-order valence-electron chi connectivity index (χ1n) is 6.64. The van der Waals surface area contributed by atoms with Gasteiger partial charge in [-0.3, -0.25) is 0 Å². The summed E-state index contributed by atoms with van der Waals surface area (Å²) in [7, 11) is 0. The Morgan fingerprint density at radius 2 is 2.37 bits per heavy atom. The van der Waals surface area contributed by atoms with Gasteiger partial charge in [0.25, 0.3) is 0 Å². The lowest BCUT2D eigenvalue weighted by molar-refractivity contribution is 0.0248. The molecule has 1 saturated heterocycles. The fraction of sp³-hybridized carbons (Fsp3) is 0.500. The SMILES string of the molecule is CCCOc1ccc2c(c1)OC1(C)CC2NC(=S)N1. The van der Waals surface area contributed by atoms with Crippen molar-refractivity contribution >= 4 is 17.3 Å². The summed E-state index contributed by atoms with van der Waals surface area (Å²) in [5, 5.41) is 7.12. The molecule has 1 aromatic rings. The van der Waals surface area contributed by atoms with Gasteiger partial charge >= 0.3 is 0 Å². The first kappa shape index (κ1) is 12.5. The van der Waals surface area contributed by atoms with Crippen molar-refractivity contribution in [3.05, 3.63) is 23.8 Å². The lowest BCUT2D eigenvalue weighted by Crippen LogP contribution is -2.62. The Labute approximate surface area is 118 Å². The maximum absolute atomic E-state index is 6.06. The summed E-state index contributed by atoms with van der Waals surface area (Å²) in [4.78, 5) is 0. The zero-order valence-electron chi connectivity index (χ0n) is 11.2. The molecule has 1 aromatic carbocycles. The number of hydrogen-bond acceptors (Lipinski definition) is 3. The van der Waals surface area contributed by atoms with Crippen LogP contribution in [0.1, 0.15) is 38.3 Å². The molecule has 0 aromatic heterocycles. The summed E-state index contributed by atoms with van der Waals surface area (Å²) in [6.07, 6.45) is 1.85. The van der Waals surface area contributed by atoms with Gasteiger partial charge in [0, 0.05) is 18.1 Å². The third-order valence-electron chi connectivity index (χ3n) is 3.45. The van der Waals surface area contributed by atoms with E-state index in [0.29, 0.717) is 5.11 Å². The third-order valence-corrected chi connectivity index (χ3v) is 3.67. The molecule has 2 heterocycles. The van der Waals surface area contributed by atoms with Crippen LogP contribution >= 0.6 is 12.2 Å². The van der Waals surface area contributed by atoms with Crippen LogP contribution in [0.4, 0.5) is 0 Å². The Hall–Kier alpha value is -1.49. The van der Waals surface area contributed by atoms with Crippen molar-refractivity contribution in [1.82, 2.24) is 10.6 Å². The Morgan fingerprint density at radius 3 is 3.16 bits per heavy atom. The number of benzene rings is 1. The Bertz CT molecular complexity index is 520. The average molecular weight is 278 g/mol. The Balaban J connectivity index is 1.92. The highest BCUT2D eigenvalue weighted by molar-refractivity contribution is 7.80. The first-order valence-corrected chi connectivity index (χ1v) is 7.05. The van der Waals surface area contributed by atoms with Crippen LogP contribution in [0.5, 0.6) is 11.5 Å². The topological polar surface area (TPSA) is 42.5 Å². The standard InChI is InChI=1S/C14H18N2O2S/c1-3-6-17-9-4-5-10-11-8-14(2,16-13(19)15-11)18-12(10)7-9/h4-5,7,11H,3,6,8H2,1-2H3,(H2,15,16,19). The van der Waals surface area contributed by atoms with E-state index in [9.17, 15) is 0 Å². The fourth-order valence-corrected chi connectivity index (χ4v) is 2.98. The summed E-state index contributed by atoms with van der Waals surface area (Å²) in [5.41, 5.74) is 0.716. The molecule has 102 valence electrons. The van der Waals surface area contributed by atoms with Crippen molar-refractivity contribution in [2.75, 3.05) is 6.61 Å². The summed E-state index contributed by atoms with van der Waals surface area (Å²) < 4.78 is 11.7. The lowest BCUT2D eigenvalue weighted by Gasteiger charge is -2.45. The predicted octanol–water partition coefficient (Wildman–Crippen LogP) is 2.49. The molecular weight excluding hydrogens is 260 g/mol. The molecule has 0 amide bonds. The van der Waals surface area contributed by atoms with Crippen LogP contribution in [-0.4, -0.2) is 17.4 Å². The highest BCUT2D eigenvalue weighted by Gasteiger charge is 2.42. The second-order valence-electron chi connectivity index (χ2n) is 5.24. The van der Waals surface area contributed by atoms with Gasteiger partial charge in [0.15, 0.2) is 10.8 Å². The fourth-order valence-electron chi connectivity index (χ4n) is 2.62. The second-order valence-corrected chi connectivity index (χ2v) is 5.64. The number of ether oxygens (including phenoxy) is 2. The predicted molar refractivity (Wildman–Crippen MR) is 77.5 cm³/mol. The molecule has 0 spiro atoms. The third kappa shape index (κ3) is 2.34. The largest absolute Gasteiger partial charge is 0.493 e. The van der Waals surface area contributed by atoms with Crippen molar-refractivity contribution in [3.63, 3.8) is 0 Å². The van der Waals surface area contributed by atoms with E-state index in [1.807, 2.05) is 19.1 Å². The van der Waals surface area contributed by atoms with Crippen molar-refractivity contribution in [3.8, 4) is 11.5 Å². The molecule has 2 unspecified atom stereocenters. The van der Waals surface area contributed by atoms with Crippen LogP contribution in [0.2, 0.25) is 0 Å². The van der Waals surface area contributed by atoms with Gasteiger partial charge in [-0.1, -0.05) is 6.92 Å². The maximum atomic E-state index is 6.06. The van der Waals surface area contributed by atoms with E-state index < -0.39 is 5.72 Å². The molecule has 3 rings (SSSR count). The highest BCUT2D eigenvalue weighted by Crippen LogP contribution is 2.41. The summed E-state index contributed by atoms with van der Waals surface area (Å²) in [5.74, 6) is 1.72. The Kier molecular flexibility index (Phi) is 3.01. The number of fused-ring (bicyclic) bond motifs is 4. The molecule has 2 N–H and O–H groups in total. The van der Waals surface area contributed by atoms with E-state index in [2.05, 4.69) is 23.6 Å². The molecule has 0 aliphatic carbocycles. The van der Waals surface area contributed by atoms with E-state index in [4.69, 9.17) is 21.7 Å². The van der Waals surface area contributed by atoms with E-state index in [1.54, 1.807) is 0 Å². The van der Waals surface area contributed by atoms with Gasteiger partial charge in [-0.05, 0) is 37.7 Å².